The van der Waals surface area contributed by atoms with Crippen molar-refractivity contribution in [2.45, 2.75) is 43.9 Å². The van der Waals surface area contributed by atoms with Gasteiger partial charge in [-0.1, -0.05) is 6.07 Å². The first kappa shape index (κ1) is 22.9. The molecule has 1 aromatic carbocycles. The molecule has 0 radical (unpaired) electrons. The number of anilines is 1. The molecule has 2 N–H and O–H groups in total. The lowest BCUT2D eigenvalue weighted by molar-refractivity contribution is -0.140. The van der Waals surface area contributed by atoms with Gasteiger partial charge in [0.25, 0.3) is 5.91 Å². The Balaban J connectivity index is 1.31. The van der Waals surface area contributed by atoms with Crippen LogP contribution in [0.4, 0.5) is 23.4 Å². The molecule has 0 aliphatic heterocycles. The number of nitrogens with one attached hydrogen (secondary N) is 2. The highest BCUT2D eigenvalue weighted by molar-refractivity contribution is 5.94. The largest absolute Gasteiger partial charge is 0.491 e. The van der Waals surface area contributed by atoms with Crippen LogP contribution in [0.25, 0.3) is 5.65 Å². The summed E-state index contributed by atoms with van der Waals surface area (Å²) in [5.74, 6) is 0.871. The van der Waals surface area contributed by atoms with Gasteiger partial charge in [-0.2, -0.15) is 13.2 Å². The summed E-state index contributed by atoms with van der Waals surface area (Å²) in [4.78, 5) is 16.2. The van der Waals surface area contributed by atoms with Crippen molar-refractivity contribution in [1.29, 1.82) is 0 Å². The number of amides is 1. The summed E-state index contributed by atoms with van der Waals surface area (Å²) in [5, 5.41) is 6.34. The van der Waals surface area contributed by atoms with Crippen LogP contribution in [0.15, 0.2) is 48.7 Å². The quantitative estimate of drug-likeness (QED) is 0.491. The molecule has 1 amide bonds. The molecule has 2 aromatic heterocycles. The molecule has 0 unspecified atom stereocenters. The van der Waals surface area contributed by atoms with Crippen LogP contribution in [-0.4, -0.2) is 40.7 Å². The summed E-state index contributed by atoms with van der Waals surface area (Å²) in [7, 11) is 0. The van der Waals surface area contributed by atoms with Crippen molar-refractivity contribution in [2.24, 2.45) is 0 Å². The van der Waals surface area contributed by atoms with Crippen molar-refractivity contribution >= 4 is 17.4 Å². The topological polar surface area (TPSA) is 67.7 Å². The molecule has 10 heteroatoms. The normalized spacial score (nSPS) is 18.8. The Morgan fingerprint density at radius 1 is 1.06 bits per heavy atom. The fourth-order valence-corrected chi connectivity index (χ4v) is 3.98. The number of imidazole rings is 1. The van der Waals surface area contributed by atoms with E-state index in [-0.39, 0.29) is 30.2 Å². The van der Waals surface area contributed by atoms with Crippen molar-refractivity contribution in [1.82, 2.24) is 14.7 Å². The number of hydrogen-bond acceptors (Lipinski definition) is 4. The molecule has 176 valence electrons. The van der Waals surface area contributed by atoms with Crippen LogP contribution < -0.4 is 15.4 Å². The molecular formula is C23H24F4N4O2. The van der Waals surface area contributed by atoms with Crippen molar-refractivity contribution in [3.05, 3.63) is 59.9 Å². The number of rotatable bonds is 7. The van der Waals surface area contributed by atoms with E-state index >= 15 is 0 Å². The zero-order valence-corrected chi connectivity index (χ0v) is 17.7. The Hall–Kier alpha value is -3.30. The fourth-order valence-electron chi connectivity index (χ4n) is 3.98. The van der Waals surface area contributed by atoms with Crippen LogP contribution in [0.1, 0.15) is 41.7 Å². The number of carbonyl (C=O) groups is 1. The molecule has 2 heterocycles. The van der Waals surface area contributed by atoms with Crippen LogP contribution in [0.3, 0.4) is 0 Å². The Morgan fingerprint density at radius 3 is 2.42 bits per heavy atom. The number of hydrogen-bond donors (Lipinski definition) is 2. The number of ether oxygens (including phenoxy) is 1. The van der Waals surface area contributed by atoms with E-state index < -0.39 is 18.5 Å². The molecule has 0 atom stereocenters. The second-order valence-corrected chi connectivity index (χ2v) is 7.99. The summed E-state index contributed by atoms with van der Waals surface area (Å²) >= 11 is 0. The van der Waals surface area contributed by atoms with E-state index in [4.69, 9.17) is 4.74 Å². The number of nitrogens with zero attached hydrogens (tertiary/aromatic N) is 2. The maximum atomic E-state index is 13.0. The first-order chi connectivity index (χ1) is 15.8. The Bertz CT molecular complexity index is 1090. The van der Waals surface area contributed by atoms with Gasteiger partial charge >= 0.3 is 6.18 Å². The molecule has 0 saturated heterocycles. The predicted molar refractivity (Wildman–Crippen MR) is 115 cm³/mol. The Morgan fingerprint density at radius 2 is 1.76 bits per heavy atom. The monoisotopic (exact) mass is 464 g/mol. The van der Waals surface area contributed by atoms with E-state index in [1.54, 1.807) is 36.4 Å². The third-order valence-electron chi connectivity index (χ3n) is 5.66. The van der Waals surface area contributed by atoms with Crippen molar-refractivity contribution < 1.29 is 27.1 Å². The average Bonchev–Trinajstić information content (AvgIpc) is 3.25. The number of carbonyl (C=O) groups excluding carboxylic acids is 1. The predicted octanol–water partition coefficient (Wildman–Crippen LogP) is 4.85. The van der Waals surface area contributed by atoms with Gasteiger partial charge in [0, 0.05) is 23.8 Å². The van der Waals surface area contributed by atoms with E-state index in [9.17, 15) is 22.4 Å². The van der Waals surface area contributed by atoms with E-state index in [1.807, 2.05) is 0 Å². The van der Waals surface area contributed by atoms with Gasteiger partial charge in [0.2, 0.25) is 0 Å². The molecule has 0 bridgehead atoms. The van der Waals surface area contributed by atoms with Crippen LogP contribution in [0.2, 0.25) is 0 Å². The first-order valence-corrected chi connectivity index (χ1v) is 10.7. The number of aromatic nitrogens is 2. The van der Waals surface area contributed by atoms with Gasteiger partial charge in [0.15, 0.2) is 5.69 Å². The maximum Gasteiger partial charge on any atom is 0.434 e. The Labute approximate surface area is 188 Å². The van der Waals surface area contributed by atoms with Crippen LogP contribution in [-0.2, 0) is 6.18 Å². The van der Waals surface area contributed by atoms with Crippen LogP contribution >= 0.6 is 0 Å². The average molecular weight is 464 g/mol. The number of benzene rings is 1. The lowest BCUT2D eigenvalue weighted by atomic mass is 9.91. The molecular weight excluding hydrogens is 440 g/mol. The molecule has 3 aromatic rings. The van der Waals surface area contributed by atoms with Crippen molar-refractivity contribution in [3.8, 4) is 5.75 Å². The molecule has 1 aliphatic rings. The maximum absolute atomic E-state index is 13.0. The van der Waals surface area contributed by atoms with Gasteiger partial charge < -0.3 is 15.4 Å². The fraction of sp³-hybridized carbons (Fsp3) is 0.391. The van der Waals surface area contributed by atoms with Gasteiger partial charge in [-0.15, -0.1) is 0 Å². The van der Waals surface area contributed by atoms with Crippen molar-refractivity contribution in [3.63, 3.8) is 0 Å². The highest BCUT2D eigenvalue weighted by atomic mass is 19.4. The summed E-state index contributed by atoms with van der Waals surface area (Å²) in [6.07, 6.45) is -0.487. The number of alkyl halides is 4. The van der Waals surface area contributed by atoms with E-state index in [0.717, 1.165) is 31.9 Å². The minimum Gasteiger partial charge on any atom is -0.491 e. The van der Waals surface area contributed by atoms with E-state index in [0.29, 0.717) is 17.1 Å². The van der Waals surface area contributed by atoms with Crippen LogP contribution in [0, 0.1) is 0 Å². The number of pyridine rings is 1. The van der Waals surface area contributed by atoms with Gasteiger partial charge in [0.05, 0.1) is 0 Å². The molecule has 1 fully saturated rings. The highest BCUT2D eigenvalue weighted by Gasteiger charge is 2.34. The minimum absolute atomic E-state index is 0.0129. The SMILES string of the molecule is O=C(NC1CCC(Nc2cccc3nc(C(F)(F)F)cn23)CC1)c1ccc(OCCF)cc1. The third-order valence-corrected chi connectivity index (χ3v) is 5.66. The van der Waals surface area contributed by atoms with Crippen LogP contribution in [0.5, 0.6) is 5.75 Å². The van der Waals surface area contributed by atoms with Gasteiger partial charge in [0.1, 0.15) is 30.5 Å². The first-order valence-electron chi connectivity index (χ1n) is 10.7. The number of fused-ring (bicyclic) bond motifs is 1. The smallest absolute Gasteiger partial charge is 0.434 e. The lowest BCUT2D eigenvalue weighted by Gasteiger charge is -2.30. The standard InChI is InChI=1S/C23H24F4N4O2/c24-12-13-33-18-10-4-15(5-11-18)22(32)29-17-8-6-16(7-9-17)28-20-2-1-3-21-30-19(14-31(20)21)23(25,26)27/h1-5,10-11,14,16-17,28H,6-9,12-13H2,(H,29,32). The van der Waals surface area contributed by atoms with Crippen molar-refractivity contribution in [2.75, 3.05) is 18.6 Å². The van der Waals surface area contributed by atoms with E-state index in [2.05, 4.69) is 15.6 Å². The molecule has 6 nitrogen and oxygen atoms in total. The minimum atomic E-state index is -4.50. The molecule has 1 aliphatic carbocycles. The summed E-state index contributed by atoms with van der Waals surface area (Å²) in [5.41, 5.74) is -0.199. The highest BCUT2D eigenvalue weighted by Crippen LogP contribution is 2.30. The molecule has 1 saturated carbocycles. The van der Waals surface area contributed by atoms with Gasteiger partial charge in [-0.05, 0) is 62.1 Å². The summed E-state index contributed by atoms with van der Waals surface area (Å²) in [6, 6.07) is 11.6. The zero-order valence-electron chi connectivity index (χ0n) is 17.7. The summed E-state index contributed by atoms with van der Waals surface area (Å²) < 4.78 is 57.8. The van der Waals surface area contributed by atoms with E-state index in [1.165, 1.54) is 10.5 Å². The zero-order chi connectivity index (χ0) is 23.4. The summed E-state index contributed by atoms with van der Waals surface area (Å²) in [6.45, 7) is -0.604. The molecule has 4 rings (SSSR count). The second-order valence-electron chi connectivity index (χ2n) is 7.99. The van der Waals surface area contributed by atoms with Gasteiger partial charge in [-0.3, -0.25) is 9.20 Å². The molecule has 0 spiro atoms. The second kappa shape index (κ2) is 9.68. The molecule has 33 heavy (non-hydrogen) atoms. The Kier molecular flexibility index (Phi) is 6.71. The van der Waals surface area contributed by atoms with Gasteiger partial charge in [-0.25, -0.2) is 9.37 Å². The third kappa shape index (κ3) is 5.55. The lowest BCUT2D eigenvalue weighted by Crippen LogP contribution is -2.40. The number of halogens is 4.